The van der Waals surface area contributed by atoms with Gasteiger partial charge in [0.1, 0.15) is 0 Å². The van der Waals surface area contributed by atoms with Crippen molar-refractivity contribution in [1.82, 2.24) is 0 Å². The van der Waals surface area contributed by atoms with Gasteiger partial charge >= 0.3 is 0 Å². The van der Waals surface area contributed by atoms with Crippen LogP contribution in [0.5, 0.6) is 0 Å². The lowest BCUT2D eigenvalue weighted by molar-refractivity contribution is 1.29. The second kappa shape index (κ2) is 14.9. The zero-order valence-corrected chi connectivity index (χ0v) is 34.3. The third-order valence-electron chi connectivity index (χ3n) is 12.8. The van der Waals surface area contributed by atoms with Crippen LogP contribution in [0.15, 0.2) is 231 Å². The van der Waals surface area contributed by atoms with Crippen molar-refractivity contribution in [1.29, 1.82) is 5.26 Å². The van der Waals surface area contributed by atoms with Crippen LogP contribution in [0.3, 0.4) is 0 Å². The third-order valence-corrected chi connectivity index (χ3v) is 12.8. The summed E-state index contributed by atoms with van der Waals surface area (Å²) in [7, 11) is 0. The molecule has 63 heavy (non-hydrogen) atoms. The Kier molecular flexibility index (Phi) is 8.59. The molecule has 0 atom stereocenters. The Bertz CT molecular complexity index is 3810. The van der Waals surface area contributed by atoms with E-state index in [0.29, 0.717) is 5.56 Å². The lowest BCUT2D eigenvalue weighted by atomic mass is 9.83. The van der Waals surface area contributed by atoms with Gasteiger partial charge in [-0.25, -0.2) is 0 Å². The van der Waals surface area contributed by atoms with Gasteiger partial charge in [-0.15, -0.1) is 0 Å². The van der Waals surface area contributed by atoms with Crippen LogP contribution < -0.4 is 4.90 Å². The molecule has 0 heterocycles. The number of hydrogen-bond donors (Lipinski definition) is 0. The van der Waals surface area contributed by atoms with Crippen molar-refractivity contribution in [3.63, 3.8) is 0 Å². The van der Waals surface area contributed by atoms with Crippen molar-refractivity contribution in [3.05, 3.63) is 236 Å². The molecular formula is C61H38N2. The molecule has 0 saturated carbocycles. The molecule has 292 valence electrons. The van der Waals surface area contributed by atoms with Gasteiger partial charge in [0, 0.05) is 17.1 Å². The van der Waals surface area contributed by atoms with Crippen LogP contribution in [0.25, 0.3) is 98.0 Å². The van der Waals surface area contributed by atoms with Gasteiger partial charge in [0.2, 0.25) is 0 Å². The maximum atomic E-state index is 9.57. The first-order chi connectivity index (χ1) is 31.2. The number of hydrogen-bond acceptors (Lipinski definition) is 2. The number of anilines is 3. The fraction of sp³-hybridized carbons (Fsp3) is 0. The minimum atomic E-state index is 0.638. The van der Waals surface area contributed by atoms with Crippen molar-refractivity contribution in [2.45, 2.75) is 0 Å². The van der Waals surface area contributed by atoms with Gasteiger partial charge in [-0.1, -0.05) is 170 Å². The lowest BCUT2D eigenvalue weighted by Crippen LogP contribution is -2.10. The third kappa shape index (κ3) is 6.18. The first kappa shape index (κ1) is 36.4. The van der Waals surface area contributed by atoms with E-state index in [9.17, 15) is 5.26 Å². The number of rotatable bonds is 6. The van der Waals surface area contributed by atoms with Crippen molar-refractivity contribution < 1.29 is 0 Å². The summed E-state index contributed by atoms with van der Waals surface area (Å²) < 4.78 is 0. The Balaban J connectivity index is 1.05. The Morgan fingerprint density at radius 3 is 1.35 bits per heavy atom. The molecule has 0 N–H and O–H groups in total. The van der Waals surface area contributed by atoms with Crippen LogP contribution in [-0.2, 0) is 0 Å². The van der Waals surface area contributed by atoms with Gasteiger partial charge in [-0.2, -0.15) is 5.26 Å². The molecule has 2 nitrogen and oxygen atoms in total. The maximum Gasteiger partial charge on any atom is 0.0991 e. The lowest BCUT2D eigenvalue weighted by Gasteiger charge is -2.26. The van der Waals surface area contributed by atoms with Gasteiger partial charge in [0.05, 0.1) is 11.6 Å². The van der Waals surface area contributed by atoms with Crippen molar-refractivity contribution in [2.24, 2.45) is 0 Å². The highest BCUT2D eigenvalue weighted by Crippen LogP contribution is 2.48. The van der Waals surface area contributed by atoms with Gasteiger partial charge in [0.25, 0.3) is 0 Å². The standard InChI is InChI=1S/C61H38N2/c62-39-40-23-30-49(31-24-40)63(50-32-27-41-11-1-2-14-44(41)36-50)51-33-28-46-35-45(25-26-47(46)37-51)48-29-34-58-59(38-48)61(55-22-10-16-43-13-4-6-18-53(43)55)57-20-8-7-19-56(57)60(58)54-21-9-15-42-12-3-5-17-52(42)54/h1-38H. The molecule has 0 fully saturated rings. The van der Waals surface area contributed by atoms with E-state index in [0.717, 1.165) is 22.4 Å². The van der Waals surface area contributed by atoms with E-state index < -0.39 is 0 Å². The molecule has 0 unspecified atom stereocenters. The molecule has 2 heteroatoms. The largest absolute Gasteiger partial charge is 0.310 e. The number of nitrogens with zero attached hydrogens (tertiary/aromatic N) is 2. The molecule has 0 aliphatic heterocycles. The van der Waals surface area contributed by atoms with Gasteiger partial charge in [-0.3, -0.25) is 0 Å². The predicted molar refractivity (Wildman–Crippen MR) is 267 cm³/mol. The number of nitriles is 1. The van der Waals surface area contributed by atoms with Crippen molar-refractivity contribution in [2.75, 3.05) is 4.90 Å². The summed E-state index contributed by atoms with van der Waals surface area (Å²) in [6.45, 7) is 0. The normalized spacial score (nSPS) is 11.5. The summed E-state index contributed by atoms with van der Waals surface area (Å²) in [4.78, 5) is 2.27. The topological polar surface area (TPSA) is 27.0 Å². The fourth-order valence-electron chi connectivity index (χ4n) is 9.82. The molecule has 12 aromatic carbocycles. The summed E-state index contributed by atoms with van der Waals surface area (Å²) in [5.74, 6) is 0. The van der Waals surface area contributed by atoms with Crippen LogP contribution in [0, 0.1) is 11.3 Å². The number of fused-ring (bicyclic) bond motifs is 6. The van der Waals surface area contributed by atoms with Gasteiger partial charge in [-0.05, 0) is 159 Å². The average Bonchev–Trinajstić information content (AvgIpc) is 3.35. The summed E-state index contributed by atoms with van der Waals surface area (Å²) in [5, 5.41) is 24.2. The zero-order chi connectivity index (χ0) is 41.9. The molecule has 0 radical (unpaired) electrons. The molecule has 12 aromatic rings. The predicted octanol–water partition coefficient (Wildman–Crippen LogP) is 16.9. The highest BCUT2D eigenvalue weighted by atomic mass is 15.1. The Labute approximate surface area is 365 Å². The highest BCUT2D eigenvalue weighted by molar-refractivity contribution is 6.25. The van der Waals surface area contributed by atoms with Crippen LogP contribution in [0.4, 0.5) is 17.1 Å². The SMILES string of the molecule is N#Cc1ccc(N(c2ccc3ccccc3c2)c2ccc3cc(-c4ccc5c(-c6cccc7ccccc67)c6ccccc6c(-c6cccc7ccccc67)c5c4)ccc3c2)cc1. The summed E-state index contributed by atoms with van der Waals surface area (Å²) in [6, 6.07) is 85.6. The second-order valence-electron chi connectivity index (χ2n) is 16.4. The van der Waals surface area contributed by atoms with E-state index in [2.05, 4.69) is 217 Å². The minimum Gasteiger partial charge on any atom is -0.310 e. The molecule has 0 saturated heterocycles. The zero-order valence-electron chi connectivity index (χ0n) is 34.3. The molecule has 0 amide bonds. The second-order valence-corrected chi connectivity index (χ2v) is 16.4. The van der Waals surface area contributed by atoms with Crippen LogP contribution in [-0.4, -0.2) is 0 Å². The summed E-state index contributed by atoms with van der Waals surface area (Å²) in [5.41, 5.74) is 11.1. The molecule has 12 rings (SSSR count). The maximum absolute atomic E-state index is 9.57. The Morgan fingerprint density at radius 1 is 0.286 bits per heavy atom. The van der Waals surface area contributed by atoms with E-state index in [1.54, 1.807) is 0 Å². The van der Waals surface area contributed by atoms with Gasteiger partial charge < -0.3 is 4.90 Å². The molecule has 0 bridgehead atoms. The first-order valence-electron chi connectivity index (χ1n) is 21.5. The molecule has 0 aliphatic carbocycles. The number of benzene rings is 12. The molecular weight excluding hydrogens is 761 g/mol. The van der Waals surface area contributed by atoms with E-state index in [1.807, 2.05) is 24.3 Å². The molecule has 0 aromatic heterocycles. The minimum absolute atomic E-state index is 0.638. The smallest absolute Gasteiger partial charge is 0.0991 e. The van der Waals surface area contributed by atoms with E-state index in [1.165, 1.54) is 92.6 Å². The molecule has 0 spiro atoms. The monoisotopic (exact) mass is 798 g/mol. The summed E-state index contributed by atoms with van der Waals surface area (Å²) >= 11 is 0. The summed E-state index contributed by atoms with van der Waals surface area (Å²) in [6.07, 6.45) is 0. The molecule has 0 aliphatic rings. The Morgan fingerprint density at radius 2 is 0.714 bits per heavy atom. The fourth-order valence-corrected chi connectivity index (χ4v) is 9.82. The highest BCUT2D eigenvalue weighted by Gasteiger charge is 2.20. The quantitative estimate of drug-likeness (QED) is 0.157. The van der Waals surface area contributed by atoms with Crippen molar-refractivity contribution in [3.8, 4) is 39.4 Å². The van der Waals surface area contributed by atoms with E-state index >= 15 is 0 Å². The van der Waals surface area contributed by atoms with Gasteiger partial charge in [0.15, 0.2) is 0 Å². The van der Waals surface area contributed by atoms with Crippen molar-refractivity contribution >= 4 is 81.7 Å². The first-order valence-corrected chi connectivity index (χ1v) is 21.5. The van der Waals surface area contributed by atoms with Crippen LogP contribution in [0.2, 0.25) is 0 Å². The average molecular weight is 799 g/mol. The van der Waals surface area contributed by atoms with E-state index in [4.69, 9.17) is 0 Å². The van der Waals surface area contributed by atoms with E-state index in [-0.39, 0.29) is 0 Å². The van der Waals surface area contributed by atoms with Crippen LogP contribution in [0.1, 0.15) is 5.56 Å². The van der Waals surface area contributed by atoms with Crippen LogP contribution >= 0.6 is 0 Å². The Hall–Kier alpha value is -8.51.